The molecule has 0 spiro atoms. The summed E-state index contributed by atoms with van der Waals surface area (Å²) in [7, 11) is 0. The van der Waals surface area contributed by atoms with Gasteiger partial charge < -0.3 is 10.2 Å². The van der Waals surface area contributed by atoms with Gasteiger partial charge in [0, 0.05) is 6.42 Å². The van der Waals surface area contributed by atoms with Crippen LogP contribution in [0.15, 0.2) is 0 Å². The Morgan fingerprint density at radius 1 is 1.33 bits per heavy atom. The van der Waals surface area contributed by atoms with Crippen LogP contribution in [0.2, 0.25) is 0 Å². The first-order valence-electron chi connectivity index (χ1n) is 5.40. The molecule has 0 rings (SSSR count). The minimum atomic E-state index is -0.670. The van der Waals surface area contributed by atoms with Crippen LogP contribution >= 0.6 is 0 Å². The standard InChI is InChI=1S/C8H16O2.C2H8N2O/c1-2-3-4-5-6-7-8(9)10;1-2(5)4-3/h2-7H2,1H3,(H,9,10);2,4-5H,3H2,1H3. The molecule has 5 heteroatoms. The van der Waals surface area contributed by atoms with Gasteiger partial charge in [-0.15, -0.1) is 0 Å². The number of carbonyl (C=O) groups is 1. The largest absolute Gasteiger partial charge is 0.481 e. The maximum absolute atomic E-state index is 10.0. The Morgan fingerprint density at radius 3 is 2.13 bits per heavy atom. The molecule has 0 aromatic carbocycles. The van der Waals surface area contributed by atoms with E-state index in [-0.39, 0.29) is 0 Å². The highest BCUT2D eigenvalue weighted by Gasteiger charge is 1.94. The van der Waals surface area contributed by atoms with E-state index in [1.54, 1.807) is 6.92 Å². The van der Waals surface area contributed by atoms with Crippen molar-refractivity contribution in [1.82, 2.24) is 5.43 Å². The summed E-state index contributed by atoms with van der Waals surface area (Å²) in [5.74, 6) is 4.00. The first kappa shape index (κ1) is 16.8. The van der Waals surface area contributed by atoms with Gasteiger partial charge in [0.1, 0.15) is 6.23 Å². The van der Waals surface area contributed by atoms with Gasteiger partial charge in [-0.2, -0.15) is 0 Å². The maximum Gasteiger partial charge on any atom is 0.303 e. The van der Waals surface area contributed by atoms with Crippen molar-refractivity contribution in [2.75, 3.05) is 0 Å². The number of nitrogens with two attached hydrogens (primary N) is 1. The Morgan fingerprint density at radius 2 is 1.80 bits per heavy atom. The monoisotopic (exact) mass is 220 g/mol. The van der Waals surface area contributed by atoms with Crippen LogP contribution in [-0.2, 0) is 4.79 Å². The second-order valence-electron chi connectivity index (χ2n) is 3.40. The van der Waals surface area contributed by atoms with Gasteiger partial charge in [-0.25, -0.2) is 5.43 Å². The molecule has 0 aliphatic rings. The van der Waals surface area contributed by atoms with Crippen LogP contribution in [-0.4, -0.2) is 22.4 Å². The maximum atomic E-state index is 10.0. The van der Waals surface area contributed by atoms with Gasteiger partial charge >= 0.3 is 5.97 Å². The summed E-state index contributed by atoms with van der Waals surface area (Å²) >= 11 is 0. The van der Waals surface area contributed by atoms with Gasteiger partial charge in [-0.05, 0) is 13.3 Å². The lowest BCUT2D eigenvalue weighted by atomic mass is 10.1. The molecule has 5 N–H and O–H groups in total. The molecule has 92 valence electrons. The van der Waals surface area contributed by atoms with Crippen molar-refractivity contribution in [3.63, 3.8) is 0 Å². The Bertz CT molecular complexity index is 141. The molecule has 0 radical (unpaired) electrons. The molecule has 0 bridgehead atoms. The quantitative estimate of drug-likeness (QED) is 0.224. The number of unbranched alkanes of at least 4 members (excludes halogenated alkanes) is 4. The van der Waals surface area contributed by atoms with Crippen molar-refractivity contribution in [3.05, 3.63) is 0 Å². The van der Waals surface area contributed by atoms with Crippen LogP contribution in [0.1, 0.15) is 52.4 Å². The van der Waals surface area contributed by atoms with E-state index in [4.69, 9.17) is 10.2 Å². The highest BCUT2D eigenvalue weighted by molar-refractivity contribution is 5.66. The molecule has 0 fully saturated rings. The van der Waals surface area contributed by atoms with E-state index in [9.17, 15) is 4.79 Å². The normalized spacial score (nSPS) is 11.5. The smallest absolute Gasteiger partial charge is 0.303 e. The Kier molecular flexibility index (Phi) is 14.9. The highest BCUT2D eigenvalue weighted by Crippen LogP contribution is 2.04. The second-order valence-corrected chi connectivity index (χ2v) is 3.40. The van der Waals surface area contributed by atoms with Crippen molar-refractivity contribution < 1.29 is 15.0 Å². The molecule has 0 saturated carbocycles. The van der Waals surface area contributed by atoms with E-state index in [1.807, 2.05) is 0 Å². The number of aliphatic hydroxyl groups is 1. The van der Waals surface area contributed by atoms with Gasteiger partial charge in [-0.1, -0.05) is 32.6 Å². The summed E-state index contributed by atoms with van der Waals surface area (Å²) in [5, 5.41) is 16.4. The predicted molar refractivity (Wildman–Crippen MR) is 60.0 cm³/mol. The molecule has 0 saturated heterocycles. The SMILES string of the molecule is CC(O)NN.CCCCCCCC(=O)O. The average molecular weight is 220 g/mol. The fraction of sp³-hybridized carbons (Fsp3) is 0.900. The summed E-state index contributed by atoms with van der Waals surface area (Å²) < 4.78 is 0. The van der Waals surface area contributed by atoms with Crippen molar-refractivity contribution >= 4 is 5.97 Å². The minimum Gasteiger partial charge on any atom is -0.481 e. The fourth-order valence-corrected chi connectivity index (χ4v) is 0.880. The van der Waals surface area contributed by atoms with Crippen molar-refractivity contribution in [2.45, 2.75) is 58.6 Å². The number of aliphatic hydroxyl groups excluding tert-OH is 1. The van der Waals surface area contributed by atoms with Crippen LogP contribution < -0.4 is 11.3 Å². The van der Waals surface area contributed by atoms with E-state index in [0.717, 1.165) is 12.8 Å². The third-order valence-corrected chi connectivity index (χ3v) is 1.74. The van der Waals surface area contributed by atoms with E-state index >= 15 is 0 Å². The zero-order valence-corrected chi connectivity index (χ0v) is 9.70. The van der Waals surface area contributed by atoms with E-state index in [1.165, 1.54) is 19.3 Å². The van der Waals surface area contributed by atoms with E-state index < -0.39 is 12.2 Å². The molecule has 0 aliphatic heterocycles. The molecular formula is C10H24N2O3. The lowest BCUT2D eigenvalue weighted by Gasteiger charge is -1.95. The first-order valence-corrected chi connectivity index (χ1v) is 5.40. The van der Waals surface area contributed by atoms with Crippen molar-refractivity contribution in [2.24, 2.45) is 5.84 Å². The zero-order valence-electron chi connectivity index (χ0n) is 9.70. The fourth-order valence-electron chi connectivity index (χ4n) is 0.880. The van der Waals surface area contributed by atoms with E-state index in [0.29, 0.717) is 6.42 Å². The van der Waals surface area contributed by atoms with Gasteiger partial charge in [0.05, 0.1) is 0 Å². The topological polar surface area (TPSA) is 95.6 Å². The number of nitrogens with one attached hydrogen (secondary N) is 1. The molecule has 0 aromatic rings. The number of carboxylic acid groups (broad SMARTS) is 1. The lowest BCUT2D eigenvalue weighted by molar-refractivity contribution is -0.137. The van der Waals surface area contributed by atoms with Gasteiger partial charge in [0.15, 0.2) is 0 Å². The number of hydrazine groups is 1. The minimum absolute atomic E-state index is 0.337. The number of hydrogen-bond donors (Lipinski definition) is 4. The molecule has 1 atom stereocenters. The number of aliphatic carboxylic acids is 1. The van der Waals surface area contributed by atoms with Crippen LogP contribution in [0, 0.1) is 0 Å². The molecule has 0 aliphatic carbocycles. The molecule has 15 heavy (non-hydrogen) atoms. The highest BCUT2D eigenvalue weighted by atomic mass is 16.4. The molecule has 1 unspecified atom stereocenters. The van der Waals surface area contributed by atoms with E-state index in [2.05, 4.69) is 18.2 Å². The molecule has 0 aromatic heterocycles. The van der Waals surface area contributed by atoms with Crippen LogP contribution in [0.3, 0.4) is 0 Å². The third kappa shape index (κ3) is 24.7. The van der Waals surface area contributed by atoms with Gasteiger partial charge in [-0.3, -0.25) is 10.6 Å². The number of rotatable bonds is 7. The van der Waals surface area contributed by atoms with Crippen LogP contribution in [0.5, 0.6) is 0 Å². The van der Waals surface area contributed by atoms with Gasteiger partial charge in [0.2, 0.25) is 0 Å². The molecule has 5 nitrogen and oxygen atoms in total. The summed E-state index contributed by atoms with van der Waals surface area (Å²) in [4.78, 5) is 10.0. The van der Waals surface area contributed by atoms with Crippen LogP contribution in [0.4, 0.5) is 0 Å². The summed E-state index contributed by atoms with van der Waals surface area (Å²) in [6.07, 6.45) is 5.30. The van der Waals surface area contributed by atoms with Crippen molar-refractivity contribution in [3.8, 4) is 0 Å². The second kappa shape index (κ2) is 13.4. The molecule has 0 amide bonds. The number of carboxylic acids is 1. The lowest BCUT2D eigenvalue weighted by Crippen LogP contribution is -2.31. The molecule has 0 heterocycles. The Hall–Kier alpha value is -0.650. The average Bonchev–Trinajstić information content (AvgIpc) is 2.18. The predicted octanol–water partition coefficient (Wildman–Crippen LogP) is 1.22. The van der Waals surface area contributed by atoms with Crippen LogP contribution in [0.25, 0.3) is 0 Å². The molecular weight excluding hydrogens is 196 g/mol. The Labute approximate surface area is 91.6 Å². The van der Waals surface area contributed by atoms with Crippen molar-refractivity contribution in [1.29, 1.82) is 0 Å². The number of hydrogen-bond acceptors (Lipinski definition) is 4. The summed E-state index contributed by atoms with van der Waals surface area (Å²) in [6.45, 7) is 3.69. The third-order valence-electron chi connectivity index (χ3n) is 1.74. The van der Waals surface area contributed by atoms with Gasteiger partial charge in [0.25, 0.3) is 0 Å². The Balaban J connectivity index is 0. The first-order chi connectivity index (χ1) is 7.04. The summed E-state index contributed by atoms with van der Waals surface area (Å²) in [6, 6.07) is 0. The summed E-state index contributed by atoms with van der Waals surface area (Å²) in [5.41, 5.74) is 2.08. The zero-order chi connectivity index (χ0) is 12.1.